The average molecular weight is 491 g/mol. The van der Waals surface area contributed by atoms with Crippen LogP contribution in [0.4, 0.5) is 13.2 Å². The van der Waals surface area contributed by atoms with E-state index in [2.05, 4.69) is 0 Å². The molecule has 0 aliphatic carbocycles. The summed E-state index contributed by atoms with van der Waals surface area (Å²) in [5.41, 5.74) is 0.587. The van der Waals surface area contributed by atoms with Crippen molar-refractivity contribution in [1.29, 1.82) is 0 Å². The van der Waals surface area contributed by atoms with E-state index >= 15 is 0 Å². The zero-order valence-corrected chi connectivity index (χ0v) is 18.5. The fourth-order valence-electron chi connectivity index (χ4n) is 3.47. The summed E-state index contributed by atoms with van der Waals surface area (Å²) in [6.07, 6.45) is -0.278. The molecule has 33 heavy (non-hydrogen) atoms. The maximum atomic E-state index is 13.4. The molecule has 4 aromatic rings. The lowest BCUT2D eigenvalue weighted by atomic mass is 10.1. The van der Waals surface area contributed by atoms with Gasteiger partial charge in [0.15, 0.2) is 0 Å². The van der Waals surface area contributed by atoms with Crippen LogP contribution in [0.1, 0.15) is 16.7 Å². The summed E-state index contributed by atoms with van der Waals surface area (Å²) in [5.74, 6) is -0.832. The molecule has 0 atom stereocenters. The lowest BCUT2D eigenvalue weighted by Crippen LogP contribution is -2.28. The number of nitrogens with zero attached hydrogens (tertiary/aromatic N) is 1. The molecule has 4 rings (SSSR count). The van der Waals surface area contributed by atoms with E-state index in [1.165, 1.54) is 24.3 Å². The molecule has 5 nitrogen and oxygen atoms in total. The van der Waals surface area contributed by atoms with Crippen LogP contribution in [0.25, 0.3) is 17.0 Å². The summed E-state index contributed by atoms with van der Waals surface area (Å²) in [7, 11) is -3.96. The predicted octanol–water partition coefficient (Wildman–Crippen LogP) is 5.29. The van der Waals surface area contributed by atoms with Crippen LogP contribution in [0.3, 0.4) is 0 Å². The van der Waals surface area contributed by atoms with Crippen LogP contribution in [0.2, 0.25) is 0 Å². The minimum Gasteiger partial charge on any atom is -0.343 e. The van der Waals surface area contributed by atoms with Crippen molar-refractivity contribution < 1.29 is 26.4 Å². The number of carbonyl (C=O) groups excluding carboxylic acids is 1. The molecule has 0 saturated carbocycles. The number of fused-ring (bicyclic) bond motifs is 1. The van der Waals surface area contributed by atoms with Gasteiger partial charge in [0.1, 0.15) is 4.21 Å². The van der Waals surface area contributed by atoms with Crippen LogP contribution >= 0.6 is 11.3 Å². The van der Waals surface area contributed by atoms with Gasteiger partial charge in [0.25, 0.3) is 15.9 Å². The van der Waals surface area contributed by atoms with E-state index in [0.717, 1.165) is 28.9 Å². The molecule has 0 fully saturated rings. The van der Waals surface area contributed by atoms with Crippen molar-refractivity contribution in [2.24, 2.45) is 0 Å². The van der Waals surface area contributed by atoms with Gasteiger partial charge < -0.3 is 4.57 Å². The highest BCUT2D eigenvalue weighted by Gasteiger charge is 2.32. The molecule has 0 aliphatic heterocycles. The van der Waals surface area contributed by atoms with Gasteiger partial charge in [0, 0.05) is 24.2 Å². The third-order valence-electron chi connectivity index (χ3n) is 4.89. The fourth-order valence-corrected chi connectivity index (χ4v) is 5.41. The first-order valence-corrected chi connectivity index (χ1v) is 12.0. The molecule has 0 unspecified atom stereocenters. The van der Waals surface area contributed by atoms with Gasteiger partial charge in [-0.05, 0) is 40.8 Å². The molecule has 2 aromatic carbocycles. The minimum absolute atomic E-state index is 0.0172. The fraction of sp³-hybridized carbons (Fsp3) is 0.0870. The van der Waals surface area contributed by atoms with Crippen molar-refractivity contribution >= 4 is 44.2 Å². The second kappa shape index (κ2) is 8.87. The van der Waals surface area contributed by atoms with Gasteiger partial charge >= 0.3 is 6.18 Å². The largest absolute Gasteiger partial charge is 0.416 e. The summed E-state index contributed by atoms with van der Waals surface area (Å²) in [4.78, 5) is 12.2. The Morgan fingerprint density at radius 2 is 1.82 bits per heavy atom. The van der Waals surface area contributed by atoms with Crippen molar-refractivity contribution in [2.75, 3.05) is 0 Å². The summed E-state index contributed by atoms with van der Waals surface area (Å²) in [6, 6.07) is 15.3. The topological polar surface area (TPSA) is 68.2 Å². The molecular formula is C23H17F3N2O3S2. The standard InChI is InChI=1S/C23H17F3N2O3S2/c24-23(25,26)19-8-2-1-5-18(19)15-28-13-12-17-7-3-6-16(22(17)28)10-11-20(29)27-33(30,31)21-9-4-14-32-21/h1-14H,15H2,(H,27,29)/b11-10+. The zero-order chi connectivity index (χ0) is 23.6. The zero-order valence-electron chi connectivity index (χ0n) is 16.9. The monoisotopic (exact) mass is 490 g/mol. The van der Waals surface area contributed by atoms with Gasteiger partial charge in [-0.2, -0.15) is 13.2 Å². The molecular weight excluding hydrogens is 473 g/mol. The summed E-state index contributed by atoms with van der Waals surface area (Å²) in [5, 5.41) is 2.36. The van der Waals surface area contributed by atoms with Gasteiger partial charge in [-0.25, -0.2) is 13.1 Å². The molecule has 2 aromatic heterocycles. The van der Waals surface area contributed by atoms with E-state index in [1.807, 2.05) is 4.72 Å². The molecule has 170 valence electrons. The third kappa shape index (κ3) is 5.01. The van der Waals surface area contributed by atoms with Crippen LogP contribution in [-0.4, -0.2) is 18.9 Å². The number of carbonyl (C=O) groups is 1. The summed E-state index contributed by atoms with van der Waals surface area (Å²) >= 11 is 0.985. The van der Waals surface area contributed by atoms with E-state index in [0.29, 0.717) is 11.1 Å². The SMILES string of the molecule is O=C(/C=C/c1cccc2ccn(Cc3ccccc3C(F)(F)F)c12)NS(=O)(=O)c1cccs1. The molecule has 0 radical (unpaired) electrons. The summed E-state index contributed by atoms with van der Waals surface area (Å²) < 4.78 is 68.3. The number of thiophene rings is 1. The summed E-state index contributed by atoms with van der Waals surface area (Å²) in [6.45, 7) is -0.0248. The first-order chi connectivity index (χ1) is 15.6. The Labute approximate surface area is 191 Å². The Hall–Kier alpha value is -3.37. The van der Waals surface area contributed by atoms with E-state index in [9.17, 15) is 26.4 Å². The first kappa shape index (κ1) is 22.8. The second-order valence-corrected chi connectivity index (χ2v) is 9.98. The van der Waals surface area contributed by atoms with Gasteiger partial charge in [-0.15, -0.1) is 11.3 Å². The Morgan fingerprint density at radius 3 is 2.55 bits per heavy atom. The van der Waals surface area contributed by atoms with Crippen molar-refractivity contribution in [1.82, 2.24) is 9.29 Å². The Morgan fingerprint density at radius 1 is 1.03 bits per heavy atom. The van der Waals surface area contributed by atoms with E-state index in [-0.39, 0.29) is 16.3 Å². The molecule has 1 N–H and O–H groups in total. The molecule has 0 bridgehead atoms. The molecule has 0 aliphatic rings. The number of hydrogen-bond donors (Lipinski definition) is 1. The number of halogens is 3. The Bertz CT molecular complexity index is 1440. The molecule has 1 amide bonds. The van der Waals surface area contributed by atoms with Crippen LogP contribution < -0.4 is 4.72 Å². The second-order valence-electron chi connectivity index (χ2n) is 7.12. The molecule has 0 saturated heterocycles. The number of benzene rings is 2. The number of nitrogens with one attached hydrogen (secondary N) is 1. The maximum absolute atomic E-state index is 13.4. The number of aromatic nitrogens is 1. The molecule has 0 spiro atoms. The average Bonchev–Trinajstić information content (AvgIpc) is 3.43. The van der Waals surface area contributed by atoms with Crippen molar-refractivity contribution in [2.45, 2.75) is 16.9 Å². The van der Waals surface area contributed by atoms with Crippen molar-refractivity contribution in [3.63, 3.8) is 0 Å². The van der Waals surface area contributed by atoms with Crippen LogP contribution in [0, 0.1) is 0 Å². The van der Waals surface area contributed by atoms with Crippen LogP contribution in [-0.2, 0) is 27.5 Å². The normalized spacial score (nSPS) is 12.5. The maximum Gasteiger partial charge on any atom is 0.416 e. The van der Waals surface area contributed by atoms with Gasteiger partial charge in [0.05, 0.1) is 11.1 Å². The van der Waals surface area contributed by atoms with Gasteiger partial charge in [0.2, 0.25) is 0 Å². The first-order valence-electron chi connectivity index (χ1n) is 9.66. The van der Waals surface area contributed by atoms with Gasteiger partial charge in [-0.3, -0.25) is 4.79 Å². The highest BCUT2D eigenvalue weighted by atomic mass is 32.2. The highest BCUT2D eigenvalue weighted by Crippen LogP contribution is 2.33. The van der Waals surface area contributed by atoms with Crippen LogP contribution in [0.5, 0.6) is 0 Å². The Kier molecular flexibility index (Phi) is 6.13. The number of hydrogen-bond acceptors (Lipinski definition) is 4. The highest BCUT2D eigenvalue weighted by molar-refractivity contribution is 7.92. The predicted molar refractivity (Wildman–Crippen MR) is 121 cm³/mol. The third-order valence-corrected chi connectivity index (χ3v) is 7.64. The van der Waals surface area contributed by atoms with E-state index < -0.39 is 27.7 Å². The number of rotatable bonds is 6. The van der Waals surface area contributed by atoms with Crippen molar-refractivity contribution in [3.05, 3.63) is 95.0 Å². The van der Waals surface area contributed by atoms with Gasteiger partial charge in [-0.1, -0.05) is 42.5 Å². The lowest BCUT2D eigenvalue weighted by molar-refractivity contribution is -0.138. The molecule has 2 heterocycles. The van der Waals surface area contributed by atoms with E-state index in [1.54, 1.807) is 52.5 Å². The smallest absolute Gasteiger partial charge is 0.343 e. The van der Waals surface area contributed by atoms with Crippen LogP contribution in [0.15, 0.2) is 82.5 Å². The number of alkyl halides is 3. The quantitative estimate of drug-likeness (QED) is 0.374. The van der Waals surface area contributed by atoms with E-state index in [4.69, 9.17) is 0 Å². The van der Waals surface area contributed by atoms with Crippen molar-refractivity contribution in [3.8, 4) is 0 Å². The molecule has 10 heteroatoms. The number of sulfonamides is 1. The lowest BCUT2D eigenvalue weighted by Gasteiger charge is -2.14. The Balaban J connectivity index is 1.63. The minimum atomic E-state index is -4.48. The number of amides is 1. The number of para-hydroxylation sites is 1.